The number of phenolic OH excluding ortho intramolecular Hbond substituents is 1. The molecule has 3 aliphatic carbocycles. The minimum atomic E-state index is -2.72. The fourth-order valence-corrected chi connectivity index (χ4v) is 6.69. The van der Waals surface area contributed by atoms with Crippen LogP contribution in [0.5, 0.6) is 5.75 Å². The van der Waals surface area contributed by atoms with E-state index in [0.29, 0.717) is 28.7 Å². The first-order valence-corrected chi connectivity index (χ1v) is 13.0. The number of likely N-dealkylation sites (N-methyl/N-ethyl adjacent to an activating group) is 1. The summed E-state index contributed by atoms with van der Waals surface area (Å²) < 4.78 is 0. The Hall–Kier alpha value is -4.55. The zero-order valence-corrected chi connectivity index (χ0v) is 22.6. The summed E-state index contributed by atoms with van der Waals surface area (Å²) in [5, 5.41) is 54.7. The van der Waals surface area contributed by atoms with E-state index in [2.05, 4.69) is 0 Å². The number of aliphatic hydroxyl groups is 3. The molecule has 7 N–H and O–H groups in total. The second-order valence-electron chi connectivity index (χ2n) is 10.9. The summed E-state index contributed by atoms with van der Waals surface area (Å²) in [6, 6.07) is 6.67. The average Bonchev–Trinajstić information content (AvgIpc) is 2.90. The molecular weight excluding hydrogens is 534 g/mol. The number of nitrogens with two attached hydrogens (primary N) is 1. The van der Waals surface area contributed by atoms with Gasteiger partial charge in [0, 0.05) is 23.6 Å². The van der Waals surface area contributed by atoms with Crippen LogP contribution in [0.1, 0.15) is 34.8 Å². The van der Waals surface area contributed by atoms with Crippen LogP contribution in [0.4, 0.5) is 5.69 Å². The number of amides is 1. The Bertz CT molecular complexity index is 1620. The highest BCUT2D eigenvalue weighted by Gasteiger charge is 2.63. The van der Waals surface area contributed by atoms with E-state index in [1.54, 1.807) is 39.2 Å². The molecule has 1 amide bonds. The number of carbonyl (C=O) groups excluding carboxylic acids is 3. The van der Waals surface area contributed by atoms with E-state index in [9.17, 15) is 44.9 Å². The molecule has 214 valence electrons. The minimum Gasteiger partial charge on any atom is -0.510 e. The van der Waals surface area contributed by atoms with Gasteiger partial charge in [-0.05, 0) is 67.6 Å². The summed E-state index contributed by atoms with van der Waals surface area (Å²) in [5.74, 6) is -7.18. The number of aromatic hydroxyl groups is 1. The van der Waals surface area contributed by atoms with Gasteiger partial charge in [-0.15, -0.1) is 0 Å². The molecule has 0 radical (unpaired) electrons. The van der Waals surface area contributed by atoms with Gasteiger partial charge >= 0.3 is 5.69 Å². The van der Waals surface area contributed by atoms with Gasteiger partial charge in [-0.1, -0.05) is 19.1 Å². The monoisotopic (exact) mass is 564 g/mol. The zero-order chi connectivity index (χ0) is 30.1. The third-order valence-corrected chi connectivity index (χ3v) is 8.56. The largest absolute Gasteiger partial charge is 0.510 e. The summed E-state index contributed by atoms with van der Waals surface area (Å²) in [6.07, 6.45) is 0.362. The fraction of sp³-hybridized carbons (Fsp3) is 0.345. The van der Waals surface area contributed by atoms with E-state index < -0.39 is 58.0 Å². The lowest BCUT2D eigenvalue weighted by molar-refractivity contribution is -0.729. The van der Waals surface area contributed by atoms with E-state index in [1.807, 2.05) is 0 Å². The molecule has 0 aromatic heterocycles. The number of ketones is 2. The second-order valence-corrected chi connectivity index (χ2v) is 10.9. The molecule has 0 heterocycles. The van der Waals surface area contributed by atoms with Crippen LogP contribution in [0.2, 0.25) is 0 Å². The Morgan fingerprint density at radius 1 is 1.17 bits per heavy atom. The standard InChI is InChI=1S/C29H29N3O9/c1-4-12-9-16(13-6-5-7-15(8-13)32(40)41)17-10-14-11-18-22(31(2)3)25(35)21(28(30)38)27(37)29(18,39)26(36)19(14)24(34)20(17)23(12)33/h5-9,14,18,22,39H,4,10-11H2,1-3H3,(H5-,30,33,34,35,36,37,38,40,41)/p+1/t14-,18-,22-,29-/m0/s1. The van der Waals surface area contributed by atoms with Crippen LogP contribution >= 0.6 is 0 Å². The predicted molar refractivity (Wildman–Crippen MR) is 144 cm³/mol. The number of hydrogen-bond acceptors (Lipinski definition) is 9. The predicted octanol–water partition coefficient (Wildman–Crippen LogP) is 2.15. The van der Waals surface area contributed by atoms with Crippen LogP contribution in [-0.2, 0) is 22.4 Å². The van der Waals surface area contributed by atoms with Gasteiger partial charge in [-0.2, -0.15) is 0 Å². The first-order chi connectivity index (χ1) is 19.2. The Morgan fingerprint density at radius 3 is 2.44 bits per heavy atom. The smallest absolute Gasteiger partial charge is 0.317 e. The van der Waals surface area contributed by atoms with Crippen molar-refractivity contribution in [1.82, 2.24) is 4.90 Å². The van der Waals surface area contributed by atoms with Gasteiger partial charge in [0.1, 0.15) is 22.8 Å². The third kappa shape index (κ3) is 3.85. The molecule has 4 atom stereocenters. The molecule has 0 unspecified atom stereocenters. The van der Waals surface area contributed by atoms with Gasteiger partial charge in [0.2, 0.25) is 5.78 Å². The summed E-state index contributed by atoms with van der Waals surface area (Å²) >= 11 is 0. The van der Waals surface area contributed by atoms with E-state index >= 15 is 0 Å². The van der Waals surface area contributed by atoms with Crippen molar-refractivity contribution in [3.63, 3.8) is 0 Å². The van der Waals surface area contributed by atoms with Crippen LogP contribution in [0.3, 0.4) is 0 Å². The number of allylic oxidation sites excluding steroid dienone is 1. The van der Waals surface area contributed by atoms with Crippen molar-refractivity contribution >= 4 is 23.2 Å². The highest BCUT2D eigenvalue weighted by atomic mass is 16.6. The van der Waals surface area contributed by atoms with Crippen molar-refractivity contribution in [2.45, 2.75) is 37.8 Å². The van der Waals surface area contributed by atoms with Crippen molar-refractivity contribution in [1.29, 1.82) is 0 Å². The molecule has 0 bridgehead atoms. The van der Waals surface area contributed by atoms with Crippen molar-refractivity contribution in [3.8, 4) is 16.9 Å². The molecule has 3 aliphatic rings. The van der Waals surface area contributed by atoms with Crippen LogP contribution in [0, 0.1) is 16.7 Å². The lowest BCUT2D eigenvalue weighted by Crippen LogP contribution is -2.63. The van der Waals surface area contributed by atoms with E-state index in [1.165, 1.54) is 17.0 Å². The van der Waals surface area contributed by atoms with Crippen LogP contribution in [0.25, 0.3) is 11.1 Å². The molecule has 0 aliphatic heterocycles. The molecular formula is C29H30N3O9+. The van der Waals surface area contributed by atoms with Crippen molar-refractivity contribution in [2.75, 3.05) is 14.1 Å². The first kappa shape index (κ1) is 28.0. The second kappa shape index (κ2) is 9.53. The zero-order valence-electron chi connectivity index (χ0n) is 22.6. The molecule has 5 rings (SSSR count). The minimum absolute atomic E-state index is 0.0486. The normalized spacial score (nSPS) is 25.6. The number of fused-ring (bicyclic) bond motifs is 3. The maximum Gasteiger partial charge on any atom is 0.317 e. The first-order valence-electron chi connectivity index (χ1n) is 13.0. The fourth-order valence-electron chi connectivity index (χ4n) is 6.69. The average molecular weight is 565 g/mol. The third-order valence-electron chi connectivity index (χ3n) is 8.56. The van der Waals surface area contributed by atoms with Gasteiger partial charge in [0.05, 0.1) is 16.5 Å². The maximum atomic E-state index is 14.1. The van der Waals surface area contributed by atoms with Gasteiger partial charge in [0.25, 0.3) is 10.8 Å². The van der Waals surface area contributed by atoms with E-state index in [-0.39, 0.29) is 40.3 Å². The molecule has 41 heavy (non-hydrogen) atoms. The quantitative estimate of drug-likeness (QED) is 0.231. The van der Waals surface area contributed by atoms with Gasteiger partial charge < -0.3 is 26.2 Å². The summed E-state index contributed by atoms with van der Waals surface area (Å²) in [6.45, 7) is 1.77. The number of rotatable bonds is 5. The van der Waals surface area contributed by atoms with Gasteiger partial charge in [0.15, 0.2) is 11.4 Å². The van der Waals surface area contributed by atoms with Crippen LogP contribution < -0.4 is 5.73 Å². The molecule has 2 aromatic carbocycles. The molecule has 0 fully saturated rings. The number of nitrogens with zero attached hydrogens (tertiary/aromatic N) is 2. The van der Waals surface area contributed by atoms with Crippen LogP contribution in [0.15, 0.2) is 53.0 Å². The molecule has 2 aromatic rings. The maximum absolute atomic E-state index is 14.1. The Balaban J connectivity index is 1.76. The highest BCUT2D eigenvalue weighted by Crippen LogP contribution is 2.53. The van der Waals surface area contributed by atoms with E-state index in [0.717, 1.165) is 0 Å². The molecule has 12 heteroatoms. The number of primary amides is 1. The van der Waals surface area contributed by atoms with Crippen molar-refractivity contribution < 1.29 is 44.9 Å². The Labute approximate surface area is 234 Å². The Kier molecular flexibility index (Phi) is 6.51. The summed E-state index contributed by atoms with van der Waals surface area (Å²) in [5.41, 5.74) is 3.19. The van der Waals surface area contributed by atoms with Crippen molar-refractivity contribution in [2.24, 2.45) is 17.6 Å². The lowest BCUT2D eigenvalue weighted by atomic mass is 9.58. The van der Waals surface area contributed by atoms with Gasteiger partial charge in [-0.3, -0.25) is 19.3 Å². The molecule has 0 saturated carbocycles. The lowest BCUT2D eigenvalue weighted by Gasteiger charge is -2.50. The number of carbonyl (C=O) groups is 3. The molecule has 0 saturated heterocycles. The van der Waals surface area contributed by atoms with E-state index in [4.69, 9.17) is 5.73 Å². The van der Waals surface area contributed by atoms with Gasteiger partial charge in [-0.25, -0.2) is 5.21 Å². The molecule has 0 spiro atoms. The number of phenols is 1. The van der Waals surface area contributed by atoms with Crippen LogP contribution in [-0.4, -0.2) is 78.7 Å². The SMILES string of the molecule is CCc1cc(-c2cccc([N+](=O)O)c2)c2c(c1O)C(=O)C1=C(O)[C@]3(O)C(=O)C(C(N)=O)=C(O)[C@@H](N(C)C)[C@@H]3C[C@@H]1C2. The molecule has 12 nitrogen and oxygen atoms in total. The number of aryl methyl sites for hydroxylation is 1. The van der Waals surface area contributed by atoms with Crippen molar-refractivity contribution in [3.05, 3.63) is 74.6 Å². The Morgan fingerprint density at radius 2 is 1.85 bits per heavy atom. The summed E-state index contributed by atoms with van der Waals surface area (Å²) in [4.78, 5) is 52.4. The summed E-state index contributed by atoms with van der Waals surface area (Å²) in [7, 11) is 3.12. The number of hydrogen-bond donors (Lipinski definition) is 6. The highest BCUT2D eigenvalue weighted by molar-refractivity contribution is 6.25. The number of benzene rings is 2. The number of aliphatic hydroxyl groups excluding tert-OH is 2. The number of Topliss-reactive ketones (excluding diaryl/α,β-unsaturated/α-hetero) is 2. The topological polar surface area (TPSA) is 202 Å².